The van der Waals surface area contributed by atoms with Gasteiger partial charge in [0.05, 0.1) is 18.1 Å². The van der Waals surface area contributed by atoms with Crippen LogP contribution in [0, 0.1) is 6.92 Å². The van der Waals surface area contributed by atoms with Gasteiger partial charge in [-0.2, -0.15) is 0 Å². The van der Waals surface area contributed by atoms with E-state index in [0.717, 1.165) is 35.4 Å². The van der Waals surface area contributed by atoms with E-state index in [9.17, 15) is 9.59 Å². The maximum Gasteiger partial charge on any atom is 0.303 e. The predicted molar refractivity (Wildman–Crippen MR) is 116 cm³/mol. The number of amides is 1. The zero-order chi connectivity index (χ0) is 22.6. The summed E-state index contributed by atoms with van der Waals surface area (Å²) in [5, 5.41) is 14.6. The van der Waals surface area contributed by atoms with E-state index < -0.39 is 11.6 Å². The van der Waals surface area contributed by atoms with E-state index in [-0.39, 0.29) is 5.91 Å². The van der Waals surface area contributed by atoms with E-state index >= 15 is 0 Å². The van der Waals surface area contributed by atoms with Crippen LogP contribution in [-0.2, 0) is 14.3 Å². The second-order valence-electron chi connectivity index (χ2n) is 7.72. The first-order valence-corrected chi connectivity index (χ1v) is 10.1. The van der Waals surface area contributed by atoms with Crippen molar-refractivity contribution < 1.29 is 19.1 Å². The van der Waals surface area contributed by atoms with Crippen molar-refractivity contribution in [1.29, 1.82) is 0 Å². The number of nitrogens with zero attached hydrogens (tertiary/aromatic N) is 4. The minimum absolute atomic E-state index is 0.318. The lowest BCUT2D eigenvalue weighted by molar-refractivity contribution is -0.162. The third kappa shape index (κ3) is 5.01. The van der Waals surface area contributed by atoms with Gasteiger partial charge in [-0.1, -0.05) is 0 Å². The third-order valence-corrected chi connectivity index (χ3v) is 4.82. The van der Waals surface area contributed by atoms with Gasteiger partial charge in [0.15, 0.2) is 11.4 Å². The van der Waals surface area contributed by atoms with Crippen molar-refractivity contribution in [2.24, 2.45) is 0 Å². The van der Waals surface area contributed by atoms with Crippen LogP contribution in [0.5, 0.6) is 5.75 Å². The van der Waals surface area contributed by atoms with Gasteiger partial charge in [-0.05, 0) is 45.7 Å². The van der Waals surface area contributed by atoms with Crippen molar-refractivity contribution in [2.45, 2.75) is 46.1 Å². The fourth-order valence-electron chi connectivity index (χ4n) is 3.28. The van der Waals surface area contributed by atoms with Crippen molar-refractivity contribution in [1.82, 2.24) is 24.9 Å². The Morgan fingerprint density at radius 2 is 1.90 bits per heavy atom. The average molecular weight is 428 g/mol. The van der Waals surface area contributed by atoms with Crippen LogP contribution in [0.2, 0.25) is 0 Å². The maximum atomic E-state index is 12.1. The number of carbonyl (C=O) groups excluding carboxylic acids is 2. The number of ether oxygens (including phenoxy) is 2. The molecular formula is C21H28N6O4. The number of hydrogen-bond donors (Lipinski definition) is 2. The summed E-state index contributed by atoms with van der Waals surface area (Å²) in [4.78, 5) is 27.9. The molecule has 0 aliphatic rings. The zero-order valence-corrected chi connectivity index (χ0v) is 18.5. The van der Waals surface area contributed by atoms with Crippen molar-refractivity contribution in [3.05, 3.63) is 24.0 Å². The van der Waals surface area contributed by atoms with Crippen LogP contribution in [0.3, 0.4) is 0 Å². The number of methoxy groups -OCH3 is 1. The van der Waals surface area contributed by atoms with E-state index in [4.69, 9.17) is 14.5 Å². The fourth-order valence-corrected chi connectivity index (χ4v) is 3.28. The Balaban J connectivity index is 1.60. The normalized spacial score (nSPS) is 11.5. The Kier molecular flexibility index (Phi) is 6.57. The van der Waals surface area contributed by atoms with Crippen LogP contribution in [0.15, 0.2) is 18.2 Å². The predicted octanol–water partition coefficient (Wildman–Crippen LogP) is 2.24. The second-order valence-corrected chi connectivity index (χ2v) is 7.72. The SMILES string of the molecule is COc1ccc2c(c1)nc(NCCCCNC(=O)C(C)(C)OC(C)=O)c1nnc(C)n12. The summed E-state index contributed by atoms with van der Waals surface area (Å²) in [5.41, 5.74) is 1.16. The minimum Gasteiger partial charge on any atom is -0.497 e. The smallest absolute Gasteiger partial charge is 0.303 e. The van der Waals surface area contributed by atoms with Crippen molar-refractivity contribution in [2.75, 3.05) is 25.5 Å². The second kappa shape index (κ2) is 9.15. The fraction of sp³-hybridized carbons (Fsp3) is 0.476. The van der Waals surface area contributed by atoms with Gasteiger partial charge in [0.2, 0.25) is 5.65 Å². The molecule has 31 heavy (non-hydrogen) atoms. The largest absolute Gasteiger partial charge is 0.497 e. The Morgan fingerprint density at radius 3 is 2.61 bits per heavy atom. The minimum atomic E-state index is -1.18. The molecule has 2 N–H and O–H groups in total. The van der Waals surface area contributed by atoms with Gasteiger partial charge in [-0.15, -0.1) is 10.2 Å². The molecule has 1 aromatic carbocycles. The van der Waals surface area contributed by atoms with Crippen LogP contribution in [0.25, 0.3) is 16.7 Å². The van der Waals surface area contributed by atoms with E-state index in [2.05, 4.69) is 20.8 Å². The highest BCUT2D eigenvalue weighted by Crippen LogP contribution is 2.25. The Labute approximate surface area is 180 Å². The van der Waals surface area contributed by atoms with Crippen molar-refractivity contribution in [3.8, 4) is 5.75 Å². The van der Waals surface area contributed by atoms with Crippen LogP contribution in [0.4, 0.5) is 5.82 Å². The number of unbranched alkanes of at least 4 members (excludes halogenated alkanes) is 1. The zero-order valence-electron chi connectivity index (χ0n) is 18.5. The van der Waals surface area contributed by atoms with Crippen molar-refractivity contribution in [3.63, 3.8) is 0 Å². The van der Waals surface area contributed by atoms with Crippen LogP contribution >= 0.6 is 0 Å². The van der Waals surface area contributed by atoms with Crippen molar-refractivity contribution >= 4 is 34.4 Å². The summed E-state index contributed by atoms with van der Waals surface area (Å²) >= 11 is 0. The number of hydrogen-bond acceptors (Lipinski definition) is 8. The summed E-state index contributed by atoms with van der Waals surface area (Å²) in [7, 11) is 1.62. The molecule has 0 radical (unpaired) electrons. The highest BCUT2D eigenvalue weighted by Gasteiger charge is 2.30. The number of aryl methyl sites for hydroxylation is 1. The van der Waals surface area contributed by atoms with Gasteiger partial charge < -0.3 is 20.1 Å². The molecule has 0 aliphatic heterocycles. The lowest BCUT2D eigenvalue weighted by Crippen LogP contribution is -2.45. The molecule has 0 aliphatic carbocycles. The lowest BCUT2D eigenvalue weighted by atomic mass is 10.1. The van der Waals surface area contributed by atoms with Crippen LogP contribution in [0.1, 0.15) is 39.4 Å². The highest BCUT2D eigenvalue weighted by molar-refractivity contribution is 5.86. The molecule has 166 valence electrons. The topological polar surface area (TPSA) is 120 Å². The Hall–Kier alpha value is -3.43. The van der Waals surface area contributed by atoms with Gasteiger partial charge in [0, 0.05) is 26.1 Å². The number of rotatable bonds is 9. The van der Waals surface area contributed by atoms with Gasteiger partial charge in [-0.25, -0.2) is 4.98 Å². The molecule has 0 atom stereocenters. The summed E-state index contributed by atoms with van der Waals surface area (Å²) < 4.78 is 12.3. The van der Waals surface area contributed by atoms with Gasteiger partial charge in [0.1, 0.15) is 11.6 Å². The molecule has 1 amide bonds. The summed E-state index contributed by atoms with van der Waals surface area (Å²) in [6.07, 6.45) is 1.55. The number of benzene rings is 1. The molecule has 10 heteroatoms. The molecule has 3 aromatic rings. The number of nitrogens with one attached hydrogen (secondary N) is 2. The van der Waals surface area contributed by atoms with E-state index in [1.54, 1.807) is 21.0 Å². The van der Waals surface area contributed by atoms with Crippen LogP contribution in [-0.4, -0.2) is 57.3 Å². The molecule has 3 rings (SSSR count). The Bertz CT molecular complexity index is 1110. The molecule has 0 unspecified atom stereocenters. The quantitative estimate of drug-likeness (QED) is 0.393. The van der Waals surface area contributed by atoms with Gasteiger partial charge >= 0.3 is 5.97 Å². The number of carbonyl (C=O) groups is 2. The molecule has 0 spiro atoms. The van der Waals surface area contributed by atoms with Crippen LogP contribution < -0.4 is 15.4 Å². The van der Waals surface area contributed by atoms with E-state index in [0.29, 0.717) is 24.6 Å². The highest BCUT2D eigenvalue weighted by atomic mass is 16.6. The molecule has 0 saturated heterocycles. The van der Waals surface area contributed by atoms with E-state index in [1.807, 2.05) is 29.5 Å². The first-order valence-electron chi connectivity index (χ1n) is 10.1. The van der Waals surface area contributed by atoms with Gasteiger partial charge in [-0.3, -0.25) is 14.0 Å². The molecule has 0 saturated carbocycles. The summed E-state index contributed by atoms with van der Waals surface area (Å²) in [5.74, 6) is 1.33. The average Bonchev–Trinajstić information content (AvgIpc) is 3.11. The molecule has 0 bridgehead atoms. The monoisotopic (exact) mass is 428 g/mol. The lowest BCUT2D eigenvalue weighted by Gasteiger charge is -2.23. The molecule has 2 aromatic heterocycles. The molecule has 2 heterocycles. The number of aromatic nitrogens is 4. The summed E-state index contributed by atoms with van der Waals surface area (Å²) in [6.45, 7) is 7.44. The standard InChI is InChI=1S/C21H28N6O4/c1-13-25-26-19-18(24-16-12-15(30-5)8-9-17(16)27(13)19)22-10-6-7-11-23-20(29)21(3,4)31-14(2)28/h8-9,12H,6-7,10-11H2,1-5H3,(H,22,24)(H,23,29). The molecule has 10 nitrogen and oxygen atoms in total. The van der Waals surface area contributed by atoms with Gasteiger partial charge in [0.25, 0.3) is 5.91 Å². The Morgan fingerprint density at radius 1 is 1.16 bits per heavy atom. The first kappa shape index (κ1) is 22.3. The molecule has 0 fully saturated rings. The number of anilines is 1. The first-order chi connectivity index (χ1) is 14.7. The third-order valence-electron chi connectivity index (χ3n) is 4.82. The number of fused-ring (bicyclic) bond motifs is 3. The molecular weight excluding hydrogens is 400 g/mol. The maximum absolute atomic E-state index is 12.1. The number of esters is 1. The summed E-state index contributed by atoms with van der Waals surface area (Å²) in [6, 6.07) is 5.70. The van der Waals surface area contributed by atoms with E-state index in [1.165, 1.54) is 6.92 Å².